The van der Waals surface area contributed by atoms with Crippen molar-refractivity contribution in [3.05, 3.63) is 0 Å². The van der Waals surface area contributed by atoms with Crippen LogP contribution in [-0.4, -0.2) is 77.9 Å². The molecule has 2 unspecified atom stereocenters. The summed E-state index contributed by atoms with van der Waals surface area (Å²) in [4.78, 5) is 52.3. The van der Waals surface area contributed by atoms with Gasteiger partial charge >= 0.3 is 5.97 Å². The Morgan fingerprint density at radius 3 is 2.52 bits per heavy atom. The molecule has 0 aromatic rings. The van der Waals surface area contributed by atoms with Gasteiger partial charge in [-0.15, -0.1) is 0 Å². The summed E-state index contributed by atoms with van der Waals surface area (Å²) in [5, 5.41) is 14.1. The number of rotatable bonds is 10. The van der Waals surface area contributed by atoms with E-state index >= 15 is 0 Å². The fourth-order valence-electron chi connectivity index (χ4n) is 2.74. The molecule has 27 heavy (non-hydrogen) atoms. The van der Waals surface area contributed by atoms with E-state index in [1.165, 1.54) is 4.90 Å². The highest BCUT2D eigenvalue weighted by Crippen LogP contribution is 2.19. The maximum atomic E-state index is 12.8. The van der Waals surface area contributed by atoms with Crippen molar-refractivity contribution in [2.45, 2.75) is 37.8 Å². The molecule has 152 valence electrons. The molecule has 2 atom stereocenters. The van der Waals surface area contributed by atoms with Crippen molar-refractivity contribution in [3.63, 3.8) is 0 Å². The van der Waals surface area contributed by atoms with Gasteiger partial charge in [-0.3, -0.25) is 19.4 Å². The van der Waals surface area contributed by atoms with Crippen LogP contribution in [-0.2, 0) is 19.2 Å². The summed E-state index contributed by atoms with van der Waals surface area (Å²) < 4.78 is 0. The fourth-order valence-corrected chi connectivity index (χ4v) is 2.74. The molecule has 12 nitrogen and oxygen atoms in total. The number of hydrogen-bond acceptors (Lipinski definition) is 6. The summed E-state index contributed by atoms with van der Waals surface area (Å²) in [7, 11) is 0. The Hall–Kier alpha value is -2.89. The number of nitrogens with zero attached hydrogens (tertiary/aromatic N) is 2. The van der Waals surface area contributed by atoms with Crippen molar-refractivity contribution in [1.29, 1.82) is 0 Å². The number of aliphatic carboxylic acids is 1. The Balaban J connectivity index is 2.75. The number of carbonyl (C=O) groups excluding carboxylic acids is 3. The van der Waals surface area contributed by atoms with Gasteiger partial charge in [-0.1, -0.05) is 0 Å². The molecule has 1 aliphatic rings. The third kappa shape index (κ3) is 7.48. The number of aliphatic imine (C=N–C) groups is 1. The van der Waals surface area contributed by atoms with E-state index in [9.17, 15) is 24.3 Å². The van der Waals surface area contributed by atoms with Crippen LogP contribution in [0.1, 0.15) is 25.7 Å². The van der Waals surface area contributed by atoms with Crippen LogP contribution in [0.3, 0.4) is 0 Å². The molecule has 0 saturated carbocycles. The van der Waals surface area contributed by atoms with E-state index in [1.54, 1.807) is 0 Å². The van der Waals surface area contributed by atoms with E-state index in [0.717, 1.165) is 0 Å². The van der Waals surface area contributed by atoms with Gasteiger partial charge in [0, 0.05) is 13.1 Å². The lowest BCUT2D eigenvalue weighted by molar-refractivity contribution is -0.149. The van der Waals surface area contributed by atoms with Crippen LogP contribution in [0.25, 0.3) is 0 Å². The first-order valence-corrected chi connectivity index (χ1v) is 8.61. The molecular weight excluding hydrogens is 358 g/mol. The molecule has 0 aliphatic carbocycles. The fraction of sp³-hybridized carbons (Fsp3) is 0.667. The van der Waals surface area contributed by atoms with Crippen molar-refractivity contribution in [2.24, 2.45) is 22.2 Å². The second-order valence-corrected chi connectivity index (χ2v) is 6.08. The highest BCUT2D eigenvalue weighted by Gasteiger charge is 2.37. The topological polar surface area (TPSA) is 206 Å². The van der Waals surface area contributed by atoms with E-state index in [1.807, 2.05) is 0 Å². The number of nitrogens with one attached hydrogen (secondary N) is 2. The molecule has 1 aliphatic heterocycles. The number of guanidine groups is 1. The molecule has 1 rings (SSSR count). The highest BCUT2D eigenvalue weighted by molar-refractivity contribution is 5.92. The summed E-state index contributed by atoms with van der Waals surface area (Å²) in [6.45, 7) is -0.0352. The second-order valence-electron chi connectivity index (χ2n) is 6.08. The van der Waals surface area contributed by atoms with Crippen LogP contribution in [0.5, 0.6) is 0 Å². The van der Waals surface area contributed by atoms with E-state index in [-0.39, 0.29) is 32.0 Å². The van der Waals surface area contributed by atoms with Crippen molar-refractivity contribution in [1.82, 2.24) is 15.5 Å². The van der Waals surface area contributed by atoms with E-state index < -0.39 is 35.8 Å². The maximum absolute atomic E-state index is 12.8. The number of hydrogen-bond donors (Lipinski definition) is 6. The minimum absolute atomic E-state index is 0.0862. The van der Waals surface area contributed by atoms with Crippen LogP contribution in [0, 0.1) is 0 Å². The molecule has 0 bridgehead atoms. The third-order valence-electron chi connectivity index (χ3n) is 4.03. The van der Waals surface area contributed by atoms with Gasteiger partial charge in [0.15, 0.2) is 5.96 Å². The largest absolute Gasteiger partial charge is 0.480 e. The quantitative estimate of drug-likeness (QED) is 0.127. The standard InChI is InChI=1S/C15H27N7O5/c16-7-11(23)20-8-12(24)21-9(3-1-5-19-15(17)18)13(25)22-6-2-4-10(22)14(26)27/h9-10H,1-8,16H2,(H,20,23)(H,21,24)(H,26,27)(H4,17,18,19). The zero-order chi connectivity index (χ0) is 20.4. The molecule has 0 aromatic carbocycles. The lowest BCUT2D eigenvalue weighted by Crippen LogP contribution is -2.53. The minimum atomic E-state index is -1.08. The molecule has 3 amide bonds. The zero-order valence-electron chi connectivity index (χ0n) is 15.0. The van der Waals surface area contributed by atoms with Gasteiger partial charge in [0.25, 0.3) is 0 Å². The van der Waals surface area contributed by atoms with Crippen molar-refractivity contribution >= 4 is 29.7 Å². The lowest BCUT2D eigenvalue weighted by Gasteiger charge is -2.27. The van der Waals surface area contributed by atoms with Crippen LogP contribution >= 0.6 is 0 Å². The summed E-state index contributed by atoms with van der Waals surface area (Å²) in [6.07, 6.45) is 1.55. The Kier molecular flexibility index (Phi) is 8.99. The van der Waals surface area contributed by atoms with Gasteiger partial charge < -0.3 is 37.8 Å². The van der Waals surface area contributed by atoms with Crippen LogP contribution < -0.4 is 27.8 Å². The van der Waals surface area contributed by atoms with Gasteiger partial charge in [0.2, 0.25) is 17.7 Å². The molecule has 1 saturated heterocycles. The molecule has 0 aromatic heterocycles. The number of carboxylic acids is 1. The summed E-state index contributed by atoms with van der Waals surface area (Å²) in [5.41, 5.74) is 15.6. The van der Waals surface area contributed by atoms with Gasteiger partial charge in [-0.2, -0.15) is 0 Å². The predicted octanol–water partition coefficient (Wildman–Crippen LogP) is -3.32. The van der Waals surface area contributed by atoms with Crippen molar-refractivity contribution in [2.75, 3.05) is 26.2 Å². The van der Waals surface area contributed by atoms with Gasteiger partial charge in [0.1, 0.15) is 12.1 Å². The number of carbonyl (C=O) groups is 4. The maximum Gasteiger partial charge on any atom is 0.326 e. The van der Waals surface area contributed by atoms with E-state index in [2.05, 4.69) is 15.6 Å². The highest BCUT2D eigenvalue weighted by atomic mass is 16.4. The zero-order valence-corrected chi connectivity index (χ0v) is 15.0. The van der Waals surface area contributed by atoms with Gasteiger partial charge in [-0.05, 0) is 25.7 Å². The predicted molar refractivity (Wildman–Crippen MR) is 96.3 cm³/mol. The Bertz CT molecular complexity index is 591. The number of nitrogens with two attached hydrogens (primary N) is 3. The molecular formula is C15H27N7O5. The molecule has 0 radical (unpaired) electrons. The van der Waals surface area contributed by atoms with Crippen LogP contribution in [0.15, 0.2) is 4.99 Å². The summed E-state index contributed by atoms with van der Waals surface area (Å²) in [5.74, 6) is -2.74. The summed E-state index contributed by atoms with van der Waals surface area (Å²) >= 11 is 0. The van der Waals surface area contributed by atoms with Crippen LogP contribution in [0.4, 0.5) is 0 Å². The Morgan fingerprint density at radius 1 is 1.22 bits per heavy atom. The number of amides is 3. The van der Waals surface area contributed by atoms with E-state index in [4.69, 9.17) is 17.2 Å². The minimum Gasteiger partial charge on any atom is -0.480 e. The van der Waals surface area contributed by atoms with Gasteiger partial charge in [-0.25, -0.2) is 4.79 Å². The average molecular weight is 385 g/mol. The number of likely N-dealkylation sites (tertiary alicyclic amines) is 1. The van der Waals surface area contributed by atoms with E-state index in [0.29, 0.717) is 25.8 Å². The summed E-state index contributed by atoms with van der Waals surface area (Å²) in [6, 6.07) is -1.85. The first kappa shape index (κ1) is 22.2. The van der Waals surface area contributed by atoms with Crippen molar-refractivity contribution < 1.29 is 24.3 Å². The molecule has 12 heteroatoms. The lowest BCUT2D eigenvalue weighted by atomic mass is 10.1. The Morgan fingerprint density at radius 2 is 1.93 bits per heavy atom. The molecule has 1 fully saturated rings. The normalized spacial score (nSPS) is 17.1. The SMILES string of the molecule is NCC(=O)NCC(=O)NC(CCCN=C(N)N)C(=O)N1CCCC1C(=O)O. The smallest absolute Gasteiger partial charge is 0.326 e. The molecule has 9 N–H and O–H groups in total. The first-order chi connectivity index (χ1) is 12.8. The number of carboxylic acid groups (broad SMARTS) is 1. The third-order valence-corrected chi connectivity index (χ3v) is 4.03. The molecule has 1 heterocycles. The van der Waals surface area contributed by atoms with Gasteiger partial charge in [0.05, 0.1) is 13.1 Å². The Labute approximate surface area is 156 Å². The van der Waals surface area contributed by atoms with Crippen LogP contribution in [0.2, 0.25) is 0 Å². The molecule has 0 spiro atoms. The second kappa shape index (κ2) is 11.0. The monoisotopic (exact) mass is 385 g/mol. The first-order valence-electron chi connectivity index (χ1n) is 8.61. The average Bonchev–Trinajstić information content (AvgIpc) is 3.11. The van der Waals surface area contributed by atoms with Crippen molar-refractivity contribution in [3.8, 4) is 0 Å².